The Labute approximate surface area is 233 Å². The second-order valence-electron chi connectivity index (χ2n) is 13.8. The molecule has 0 saturated carbocycles. The standard InChI is InChI=1S/C30H46IO4P/c1-27(2,3)18-14-20(25(34-13)22(16-18)29(7,8)9)24(31)21-15-19(28(4,5)6)17-23(30(10,11)12)26(21)35-36(32)33/h14-17,24,36H,1-13H3,(H,32,33). The molecule has 0 aliphatic heterocycles. The fraction of sp³-hybridized carbons (Fsp3) is 0.600. The van der Waals surface area contributed by atoms with Crippen LogP contribution in [0.4, 0.5) is 0 Å². The van der Waals surface area contributed by atoms with Crippen molar-refractivity contribution < 1.29 is 18.7 Å². The van der Waals surface area contributed by atoms with Crippen LogP contribution in [0.15, 0.2) is 24.3 Å². The summed E-state index contributed by atoms with van der Waals surface area (Å²) in [5, 5.41) is 0. The molecule has 0 aliphatic rings. The van der Waals surface area contributed by atoms with Crippen LogP contribution in [0.5, 0.6) is 11.5 Å². The molecule has 0 fully saturated rings. The number of halogens is 1. The van der Waals surface area contributed by atoms with Gasteiger partial charge in [0.05, 0.1) is 11.0 Å². The van der Waals surface area contributed by atoms with E-state index in [1.165, 1.54) is 5.56 Å². The van der Waals surface area contributed by atoms with E-state index < -0.39 is 8.25 Å². The van der Waals surface area contributed by atoms with Crippen LogP contribution in [0.1, 0.15) is 120 Å². The lowest BCUT2D eigenvalue weighted by Gasteiger charge is -2.32. The van der Waals surface area contributed by atoms with Crippen molar-refractivity contribution in [3.8, 4) is 11.5 Å². The monoisotopic (exact) mass is 628 g/mol. The summed E-state index contributed by atoms with van der Waals surface area (Å²) in [5.41, 5.74) is 5.83. The molecular weight excluding hydrogens is 582 g/mol. The molecule has 0 aliphatic carbocycles. The average Bonchev–Trinajstić information content (AvgIpc) is 2.68. The van der Waals surface area contributed by atoms with Crippen molar-refractivity contribution in [1.29, 1.82) is 0 Å². The van der Waals surface area contributed by atoms with E-state index in [0.29, 0.717) is 5.75 Å². The summed E-state index contributed by atoms with van der Waals surface area (Å²) in [4.78, 5) is 9.90. The molecule has 0 radical (unpaired) electrons. The van der Waals surface area contributed by atoms with Crippen molar-refractivity contribution >= 4 is 30.8 Å². The molecular formula is C30H46IO4P. The summed E-state index contributed by atoms with van der Waals surface area (Å²) >= 11 is 2.44. The highest BCUT2D eigenvalue weighted by Crippen LogP contribution is 2.50. The fourth-order valence-electron chi connectivity index (χ4n) is 4.26. The van der Waals surface area contributed by atoms with Gasteiger partial charge in [-0.2, -0.15) is 0 Å². The lowest BCUT2D eigenvalue weighted by Crippen LogP contribution is -2.20. The molecule has 36 heavy (non-hydrogen) atoms. The minimum absolute atomic E-state index is 0.0587. The van der Waals surface area contributed by atoms with E-state index in [-0.39, 0.29) is 25.6 Å². The molecule has 0 bridgehead atoms. The Bertz CT molecular complexity index is 1130. The van der Waals surface area contributed by atoms with Gasteiger partial charge in [0.1, 0.15) is 11.5 Å². The molecule has 2 rings (SSSR count). The van der Waals surface area contributed by atoms with Gasteiger partial charge in [0.2, 0.25) is 0 Å². The normalized spacial score (nSPS) is 15.0. The van der Waals surface area contributed by atoms with Crippen LogP contribution in [0.3, 0.4) is 0 Å². The van der Waals surface area contributed by atoms with Crippen molar-refractivity contribution in [2.24, 2.45) is 0 Å². The summed E-state index contributed by atoms with van der Waals surface area (Å²) in [7, 11) is -1.49. The number of methoxy groups -OCH3 is 1. The molecule has 2 unspecified atom stereocenters. The van der Waals surface area contributed by atoms with Crippen molar-refractivity contribution in [2.45, 2.75) is 109 Å². The van der Waals surface area contributed by atoms with Gasteiger partial charge in [-0.3, -0.25) is 0 Å². The molecule has 0 saturated heterocycles. The number of rotatable bonds is 5. The number of alkyl halides is 1. The van der Waals surface area contributed by atoms with Crippen LogP contribution in [-0.4, -0.2) is 12.0 Å². The zero-order valence-corrected chi connectivity index (χ0v) is 27.6. The third-order valence-electron chi connectivity index (χ3n) is 6.52. The van der Waals surface area contributed by atoms with Crippen molar-refractivity contribution in [1.82, 2.24) is 0 Å². The van der Waals surface area contributed by atoms with E-state index in [9.17, 15) is 9.46 Å². The predicted octanol–water partition coefficient (Wildman–Crippen LogP) is 9.17. The molecule has 2 aromatic carbocycles. The minimum Gasteiger partial charge on any atom is -0.496 e. The van der Waals surface area contributed by atoms with Crippen molar-refractivity contribution in [3.05, 3.63) is 57.6 Å². The highest BCUT2D eigenvalue weighted by atomic mass is 127. The predicted molar refractivity (Wildman–Crippen MR) is 162 cm³/mol. The van der Waals surface area contributed by atoms with Crippen LogP contribution in [-0.2, 0) is 26.2 Å². The third kappa shape index (κ3) is 7.08. The molecule has 4 nitrogen and oxygen atoms in total. The van der Waals surface area contributed by atoms with Crippen molar-refractivity contribution in [3.63, 3.8) is 0 Å². The van der Waals surface area contributed by atoms with Crippen LogP contribution >= 0.6 is 30.8 Å². The van der Waals surface area contributed by atoms with E-state index in [1.54, 1.807) is 7.11 Å². The van der Waals surface area contributed by atoms with E-state index in [1.807, 2.05) is 0 Å². The van der Waals surface area contributed by atoms with Crippen molar-refractivity contribution in [2.75, 3.05) is 7.11 Å². The van der Waals surface area contributed by atoms with Gasteiger partial charge < -0.3 is 14.2 Å². The SMILES string of the molecule is COc1c(C(I)c2cc(C(C)(C)C)cc(C(C)(C)C)c2O[PH](=O)O)cc(C(C)(C)C)cc1C(C)(C)C. The second kappa shape index (κ2) is 10.6. The first-order valence-corrected chi connectivity index (χ1v) is 15.1. The maximum Gasteiger partial charge on any atom is 0.365 e. The number of benzene rings is 2. The highest BCUT2D eigenvalue weighted by Gasteiger charge is 2.33. The number of ether oxygens (including phenoxy) is 1. The number of hydrogen-bond acceptors (Lipinski definition) is 3. The molecule has 2 atom stereocenters. The molecule has 0 spiro atoms. The Morgan fingerprint density at radius 3 is 1.36 bits per heavy atom. The minimum atomic E-state index is -3.21. The van der Waals surface area contributed by atoms with Gasteiger partial charge in [-0.1, -0.05) is 130 Å². The first-order chi connectivity index (χ1) is 16.1. The molecule has 2 aromatic rings. The Morgan fingerprint density at radius 2 is 1.06 bits per heavy atom. The Balaban J connectivity index is 3.06. The van der Waals surface area contributed by atoms with E-state index in [2.05, 4.69) is 130 Å². The average molecular weight is 629 g/mol. The van der Waals surface area contributed by atoms with E-state index in [4.69, 9.17) is 9.26 Å². The van der Waals surface area contributed by atoms with E-state index >= 15 is 0 Å². The zero-order chi connectivity index (χ0) is 28.0. The van der Waals surface area contributed by atoms with Gasteiger partial charge in [-0.25, -0.2) is 4.57 Å². The lowest BCUT2D eigenvalue weighted by molar-refractivity contribution is 0.391. The number of hydrogen-bond donors (Lipinski definition) is 1. The fourth-order valence-corrected chi connectivity index (χ4v) is 5.58. The second-order valence-corrected chi connectivity index (χ2v) is 15.8. The van der Waals surface area contributed by atoms with Crippen LogP contribution in [0.25, 0.3) is 0 Å². The first-order valence-electron chi connectivity index (χ1n) is 12.6. The maximum atomic E-state index is 12.1. The molecule has 6 heteroatoms. The molecule has 0 heterocycles. The highest BCUT2D eigenvalue weighted by molar-refractivity contribution is 14.1. The quantitative estimate of drug-likeness (QED) is 0.204. The van der Waals surface area contributed by atoms with E-state index in [0.717, 1.165) is 33.6 Å². The van der Waals surface area contributed by atoms with Crippen LogP contribution < -0.4 is 9.26 Å². The van der Waals surface area contributed by atoms with Gasteiger partial charge >= 0.3 is 8.25 Å². The summed E-state index contributed by atoms with van der Waals surface area (Å²) in [6, 6.07) is 8.78. The zero-order valence-electron chi connectivity index (χ0n) is 24.4. The molecule has 202 valence electrons. The van der Waals surface area contributed by atoms with Gasteiger partial charge in [-0.15, -0.1) is 0 Å². The van der Waals surface area contributed by atoms with Gasteiger partial charge in [0.25, 0.3) is 0 Å². The topological polar surface area (TPSA) is 55.8 Å². The van der Waals surface area contributed by atoms with Crippen LogP contribution in [0, 0.1) is 0 Å². The Morgan fingerprint density at radius 1 is 0.694 bits per heavy atom. The Kier molecular flexibility index (Phi) is 9.19. The summed E-state index contributed by atoms with van der Waals surface area (Å²) in [6.45, 7) is 26.2. The smallest absolute Gasteiger partial charge is 0.365 e. The van der Waals surface area contributed by atoms with Gasteiger partial charge in [0.15, 0.2) is 0 Å². The first kappa shape index (κ1) is 31.2. The summed E-state index contributed by atoms with van der Waals surface area (Å²) in [5.74, 6) is 1.36. The summed E-state index contributed by atoms with van der Waals surface area (Å²) < 4.78 is 23.7. The third-order valence-corrected chi connectivity index (χ3v) is 8.24. The van der Waals surface area contributed by atoms with Gasteiger partial charge in [0, 0.05) is 22.3 Å². The molecule has 0 amide bonds. The lowest BCUT2D eigenvalue weighted by atomic mass is 9.76. The summed E-state index contributed by atoms with van der Waals surface area (Å²) in [6.07, 6.45) is 0. The largest absolute Gasteiger partial charge is 0.496 e. The van der Waals surface area contributed by atoms with Crippen LogP contribution in [0.2, 0.25) is 0 Å². The Hall–Kier alpha value is -1.04. The van der Waals surface area contributed by atoms with Gasteiger partial charge in [-0.05, 0) is 32.8 Å². The molecule has 1 N–H and O–H groups in total. The molecule has 0 aromatic heterocycles. The maximum absolute atomic E-state index is 12.1.